The van der Waals surface area contributed by atoms with Gasteiger partial charge in [0.2, 0.25) is 0 Å². The summed E-state index contributed by atoms with van der Waals surface area (Å²) in [5, 5.41) is 0. The molecule has 0 N–H and O–H groups in total. The number of rotatable bonds is 67. The molecular weight excluding hydrogens is 1020 g/mol. The highest BCUT2D eigenvalue weighted by Gasteiger charge is 2.19. The van der Waals surface area contributed by atoms with Crippen molar-refractivity contribution < 1.29 is 28.6 Å². The van der Waals surface area contributed by atoms with Crippen LogP contribution >= 0.6 is 0 Å². The van der Waals surface area contributed by atoms with Crippen molar-refractivity contribution in [3.63, 3.8) is 0 Å². The van der Waals surface area contributed by atoms with Crippen LogP contribution in [0, 0.1) is 0 Å². The summed E-state index contributed by atoms with van der Waals surface area (Å²) in [6.07, 6.45) is 93.6. The predicted octanol–water partition coefficient (Wildman–Crippen LogP) is 25.2. The minimum Gasteiger partial charge on any atom is -0.462 e. The zero-order chi connectivity index (χ0) is 59.9. The molecule has 0 saturated carbocycles. The van der Waals surface area contributed by atoms with Crippen LogP contribution in [0.1, 0.15) is 380 Å². The maximum absolute atomic E-state index is 13.0. The molecule has 0 rings (SSSR count). The van der Waals surface area contributed by atoms with E-state index in [1.807, 2.05) is 0 Å². The van der Waals surface area contributed by atoms with Crippen molar-refractivity contribution >= 4 is 17.9 Å². The van der Waals surface area contributed by atoms with Gasteiger partial charge in [-0.3, -0.25) is 14.4 Å². The third-order valence-corrected chi connectivity index (χ3v) is 16.2. The van der Waals surface area contributed by atoms with Gasteiger partial charge >= 0.3 is 17.9 Å². The summed E-state index contributed by atoms with van der Waals surface area (Å²) in [5.41, 5.74) is 0. The first-order valence-electron chi connectivity index (χ1n) is 36.4. The van der Waals surface area contributed by atoms with Gasteiger partial charge in [0.25, 0.3) is 0 Å². The van der Waals surface area contributed by atoms with Crippen LogP contribution in [0.4, 0.5) is 0 Å². The van der Waals surface area contributed by atoms with Crippen LogP contribution in [0.25, 0.3) is 0 Å². The van der Waals surface area contributed by atoms with Crippen LogP contribution in [0.2, 0.25) is 0 Å². The fraction of sp³-hybridized carbons (Fsp3) is 0.805. The van der Waals surface area contributed by atoms with E-state index in [2.05, 4.69) is 93.7 Å². The number of esters is 3. The second-order valence-electron chi connectivity index (χ2n) is 24.5. The van der Waals surface area contributed by atoms with E-state index in [4.69, 9.17) is 14.2 Å². The molecule has 0 fully saturated rings. The SMILES string of the molecule is CC/C=C\C/C=C\C/C=C\C/C=C\C/C=C\C/C=C\CCCCCCCCC(=O)OCC(COC(=O)CCCCCCCCCCCCCCCCC)OC(=O)CCCCCCCCCCCCCCCCCCCCCCCCCCC. The lowest BCUT2D eigenvalue weighted by molar-refractivity contribution is -0.167. The number of ether oxygens (including phenoxy) is 3. The smallest absolute Gasteiger partial charge is 0.306 e. The summed E-state index contributed by atoms with van der Waals surface area (Å²) in [6.45, 7) is 6.58. The molecule has 0 aliphatic rings. The summed E-state index contributed by atoms with van der Waals surface area (Å²) >= 11 is 0. The van der Waals surface area contributed by atoms with E-state index in [9.17, 15) is 14.4 Å². The third kappa shape index (κ3) is 69.5. The molecule has 0 aliphatic heterocycles. The molecule has 0 spiro atoms. The highest BCUT2D eigenvalue weighted by Crippen LogP contribution is 2.19. The molecule has 1 unspecified atom stereocenters. The van der Waals surface area contributed by atoms with E-state index >= 15 is 0 Å². The fourth-order valence-electron chi connectivity index (χ4n) is 10.8. The summed E-state index contributed by atoms with van der Waals surface area (Å²) < 4.78 is 17.0. The van der Waals surface area contributed by atoms with Crippen molar-refractivity contribution in [2.75, 3.05) is 13.2 Å². The van der Waals surface area contributed by atoms with E-state index in [1.54, 1.807) is 0 Å². The van der Waals surface area contributed by atoms with E-state index in [0.29, 0.717) is 19.3 Å². The van der Waals surface area contributed by atoms with Crippen LogP contribution < -0.4 is 0 Å². The van der Waals surface area contributed by atoms with Gasteiger partial charge in [-0.1, -0.05) is 363 Å². The highest BCUT2D eigenvalue weighted by molar-refractivity contribution is 5.71. The predicted molar refractivity (Wildman–Crippen MR) is 362 cm³/mol. The van der Waals surface area contributed by atoms with Gasteiger partial charge in [0.1, 0.15) is 13.2 Å². The molecule has 0 radical (unpaired) electrons. The number of carbonyl (C=O) groups excluding carboxylic acids is 3. The molecule has 0 amide bonds. The average molecular weight is 1160 g/mol. The van der Waals surface area contributed by atoms with Crippen molar-refractivity contribution in [3.05, 3.63) is 72.9 Å². The number of hydrogen-bond acceptors (Lipinski definition) is 6. The minimum atomic E-state index is -0.781. The topological polar surface area (TPSA) is 78.9 Å². The average Bonchev–Trinajstić information content (AvgIpc) is 3.49. The maximum atomic E-state index is 13.0. The Morgan fingerprint density at radius 2 is 0.470 bits per heavy atom. The van der Waals surface area contributed by atoms with Gasteiger partial charge in [-0.25, -0.2) is 0 Å². The fourth-order valence-corrected chi connectivity index (χ4v) is 10.8. The van der Waals surface area contributed by atoms with Gasteiger partial charge in [0.05, 0.1) is 0 Å². The van der Waals surface area contributed by atoms with Crippen molar-refractivity contribution in [3.8, 4) is 0 Å². The quantitative estimate of drug-likeness (QED) is 0.0261. The number of allylic oxidation sites excluding steroid dienone is 12. The molecule has 0 saturated heterocycles. The van der Waals surface area contributed by atoms with Gasteiger partial charge in [-0.05, 0) is 70.6 Å². The van der Waals surface area contributed by atoms with Crippen molar-refractivity contribution in [1.29, 1.82) is 0 Å². The summed E-state index contributed by atoms with van der Waals surface area (Å²) in [4.78, 5) is 38.5. The first kappa shape index (κ1) is 79.8. The molecule has 1 atom stereocenters. The Morgan fingerprint density at radius 1 is 0.253 bits per heavy atom. The largest absolute Gasteiger partial charge is 0.462 e. The zero-order valence-corrected chi connectivity index (χ0v) is 55.5. The maximum Gasteiger partial charge on any atom is 0.306 e. The molecule has 6 nitrogen and oxygen atoms in total. The van der Waals surface area contributed by atoms with Crippen LogP contribution in [-0.2, 0) is 28.6 Å². The Kier molecular flexibility index (Phi) is 68.6. The van der Waals surface area contributed by atoms with E-state index < -0.39 is 6.10 Å². The Morgan fingerprint density at radius 3 is 0.735 bits per heavy atom. The van der Waals surface area contributed by atoms with Crippen LogP contribution in [-0.4, -0.2) is 37.2 Å². The van der Waals surface area contributed by atoms with Gasteiger partial charge < -0.3 is 14.2 Å². The van der Waals surface area contributed by atoms with Crippen LogP contribution in [0.5, 0.6) is 0 Å². The second-order valence-corrected chi connectivity index (χ2v) is 24.5. The molecule has 0 aliphatic carbocycles. The summed E-state index contributed by atoms with van der Waals surface area (Å²) in [6, 6.07) is 0. The normalized spacial score (nSPS) is 12.5. The zero-order valence-electron chi connectivity index (χ0n) is 55.5. The van der Waals surface area contributed by atoms with Gasteiger partial charge in [-0.2, -0.15) is 0 Å². The molecule has 83 heavy (non-hydrogen) atoms. The molecule has 0 aromatic heterocycles. The Bertz CT molecular complexity index is 1520. The van der Waals surface area contributed by atoms with Gasteiger partial charge in [0, 0.05) is 19.3 Å². The monoisotopic (exact) mass is 1160 g/mol. The summed E-state index contributed by atoms with van der Waals surface area (Å²) in [5.74, 6) is -0.864. The molecule has 6 heteroatoms. The standard InChI is InChI=1S/C77H138O6/c1-4-7-10-13-16-19-22-25-28-30-32-34-36-38-40-42-44-46-49-52-55-58-61-64-67-70-76(79)82-73-74(72-81-75(78)69-66-63-60-57-54-51-48-27-24-21-18-15-12-9-6-3)83-77(80)71-68-65-62-59-56-53-50-47-45-43-41-39-37-35-33-31-29-26-23-20-17-14-11-8-5-2/h7,10,16,19,25,28,32,34,38,40,44,46,74H,4-6,8-9,11-15,17-18,20-24,26-27,29-31,33,35-37,39,41-43,45,47-73H2,1-3H3/b10-7-,19-16-,28-25-,34-32-,40-38-,46-44-. The molecule has 0 bridgehead atoms. The lowest BCUT2D eigenvalue weighted by Crippen LogP contribution is -2.30. The summed E-state index contributed by atoms with van der Waals surface area (Å²) in [7, 11) is 0. The first-order chi connectivity index (χ1) is 41.0. The molecule has 0 heterocycles. The first-order valence-corrected chi connectivity index (χ1v) is 36.4. The van der Waals surface area contributed by atoms with E-state index in [0.717, 1.165) is 103 Å². The van der Waals surface area contributed by atoms with Crippen LogP contribution in [0.3, 0.4) is 0 Å². The van der Waals surface area contributed by atoms with E-state index in [-0.39, 0.29) is 31.1 Å². The van der Waals surface area contributed by atoms with Crippen LogP contribution in [0.15, 0.2) is 72.9 Å². The van der Waals surface area contributed by atoms with E-state index in [1.165, 1.54) is 238 Å². The van der Waals surface area contributed by atoms with Gasteiger partial charge in [0.15, 0.2) is 6.10 Å². The molecule has 0 aromatic rings. The van der Waals surface area contributed by atoms with Crippen molar-refractivity contribution in [2.24, 2.45) is 0 Å². The minimum absolute atomic E-state index is 0.0748. The second kappa shape index (κ2) is 71.3. The lowest BCUT2D eigenvalue weighted by Gasteiger charge is -2.18. The van der Waals surface area contributed by atoms with Crippen molar-refractivity contribution in [1.82, 2.24) is 0 Å². The van der Waals surface area contributed by atoms with Crippen molar-refractivity contribution in [2.45, 2.75) is 386 Å². The van der Waals surface area contributed by atoms with Gasteiger partial charge in [-0.15, -0.1) is 0 Å². The molecule has 0 aromatic carbocycles. The molecular formula is C77H138O6. The Labute approximate surface area is 516 Å². The number of hydrogen-bond donors (Lipinski definition) is 0. The number of carbonyl (C=O) groups is 3. The molecule has 482 valence electrons. The highest BCUT2D eigenvalue weighted by atomic mass is 16.6. The third-order valence-electron chi connectivity index (χ3n) is 16.2. The lowest BCUT2D eigenvalue weighted by atomic mass is 10.0. The Balaban J connectivity index is 4.32. The Hall–Kier alpha value is -3.15. The number of unbranched alkanes of at least 4 members (excludes halogenated alkanes) is 44.